The molecule has 0 bridgehead atoms. The summed E-state index contributed by atoms with van der Waals surface area (Å²) in [6.07, 6.45) is 0.597. The van der Waals surface area contributed by atoms with Gasteiger partial charge in [-0.3, -0.25) is 9.59 Å². The zero-order chi connectivity index (χ0) is 19.3. The van der Waals surface area contributed by atoms with Crippen LogP contribution in [0.5, 0.6) is 11.5 Å². The molecule has 0 aromatic heterocycles. The molecule has 0 saturated heterocycles. The van der Waals surface area contributed by atoms with E-state index in [1.54, 1.807) is 36.4 Å². The Balaban J connectivity index is 1.36. The molecule has 0 fully saturated rings. The molecule has 1 unspecified atom stereocenters. The van der Waals surface area contributed by atoms with Gasteiger partial charge in [-0.2, -0.15) is 0 Å². The van der Waals surface area contributed by atoms with Gasteiger partial charge in [0, 0.05) is 11.3 Å². The SMILES string of the molecule is O=C(Nc1ccc(OC(=O)C2COc3ccccc3C2)cc1)c1ccccc1. The summed E-state index contributed by atoms with van der Waals surface area (Å²) in [5.41, 5.74) is 2.22. The molecule has 1 heterocycles. The lowest BCUT2D eigenvalue weighted by molar-refractivity contribution is -0.140. The molecule has 0 radical (unpaired) electrons. The molecule has 1 aliphatic heterocycles. The van der Waals surface area contributed by atoms with E-state index in [-0.39, 0.29) is 17.8 Å². The van der Waals surface area contributed by atoms with Crippen molar-refractivity contribution in [3.05, 3.63) is 90.0 Å². The number of rotatable bonds is 4. The van der Waals surface area contributed by atoms with E-state index in [1.807, 2.05) is 42.5 Å². The molecule has 1 atom stereocenters. The number of carbonyl (C=O) groups excluding carboxylic acids is 2. The minimum absolute atomic E-state index is 0.191. The van der Waals surface area contributed by atoms with Crippen molar-refractivity contribution < 1.29 is 19.1 Å². The summed E-state index contributed by atoms with van der Waals surface area (Å²) in [4.78, 5) is 24.6. The number of amides is 1. The lowest BCUT2D eigenvalue weighted by Crippen LogP contribution is -2.31. The summed E-state index contributed by atoms with van der Waals surface area (Å²) in [5, 5.41) is 2.81. The second-order valence-corrected chi connectivity index (χ2v) is 6.59. The molecule has 4 rings (SSSR count). The van der Waals surface area contributed by atoms with Crippen LogP contribution in [-0.4, -0.2) is 18.5 Å². The molecule has 1 aliphatic rings. The molecular weight excluding hydrogens is 354 g/mol. The number of ether oxygens (including phenoxy) is 2. The number of hydrogen-bond acceptors (Lipinski definition) is 4. The van der Waals surface area contributed by atoms with Gasteiger partial charge in [-0.15, -0.1) is 0 Å². The standard InChI is InChI=1S/C23H19NO4/c25-22(16-6-2-1-3-7-16)24-19-10-12-20(13-11-19)28-23(26)18-14-17-8-4-5-9-21(17)27-15-18/h1-13,18H,14-15H2,(H,24,25). The number of nitrogens with one attached hydrogen (secondary N) is 1. The van der Waals surface area contributed by atoms with Crippen LogP contribution in [0.3, 0.4) is 0 Å². The fraction of sp³-hybridized carbons (Fsp3) is 0.130. The molecule has 3 aromatic rings. The maximum absolute atomic E-state index is 12.5. The van der Waals surface area contributed by atoms with Gasteiger partial charge in [0.15, 0.2) is 0 Å². The second kappa shape index (κ2) is 7.96. The van der Waals surface area contributed by atoms with Crippen molar-refractivity contribution in [1.29, 1.82) is 0 Å². The van der Waals surface area contributed by atoms with E-state index in [1.165, 1.54) is 0 Å². The number of para-hydroxylation sites is 1. The van der Waals surface area contributed by atoms with E-state index in [0.29, 0.717) is 30.0 Å². The van der Waals surface area contributed by atoms with E-state index in [4.69, 9.17) is 9.47 Å². The minimum atomic E-state index is -0.340. The molecule has 28 heavy (non-hydrogen) atoms. The lowest BCUT2D eigenvalue weighted by atomic mass is 9.97. The van der Waals surface area contributed by atoms with E-state index in [2.05, 4.69) is 5.32 Å². The highest BCUT2D eigenvalue weighted by Crippen LogP contribution is 2.28. The summed E-state index contributed by atoms with van der Waals surface area (Å²) >= 11 is 0. The highest BCUT2D eigenvalue weighted by molar-refractivity contribution is 6.04. The van der Waals surface area contributed by atoms with E-state index in [0.717, 1.165) is 11.3 Å². The number of benzene rings is 3. The van der Waals surface area contributed by atoms with Gasteiger partial charge in [0.05, 0.1) is 5.92 Å². The maximum atomic E-state index is 12.5. The Hall–Kier alpha value is -3.60. The summed E-state index contributed by atoms with van der Waals surface area (Å²) in [5.74, 6) is 0.401. The van der Waals surface area contributed by atoms with Crippen molar-refractivity contribution in [1.82, 2.24) is 0 Å². The fourth-order valence-corrected chi connectivity index (χ4v) is 3.08. The van der Waals surface area contributed by atoms with Crippen molar-refractivity contribution in [2.75, 3.05) is 11.9 Å². The monoisotopic (exact) mass is 373 g/mol. The van der Waals surface area contributed by atoms with Crippen molar-refractivity contribution in [2.45, 2.75) is 6.42 Å². The Morgan fingerprint density at radius 2 is 1.61 bits per heavy atom. The first-order valence-corrected chi connectivity index (χ1v) is 9.08. The van der Waals surface area contributed by atoms with Gasteiger partial charge in [0.25, 0.3) is 5.91 Å². The molecule has 1 N–H and O–H groups in total. The van der Waals surface area contributed by atoms with Crippen LogP contribution < -0.4 is 14.8 Å². The Kier molecular flexibility index (Phi) is 5.06. The molecule has 0 aliphatic carbocycles. The number of fused-ring (bicyclic) bond motifs is 1. The number of esters is 1. The summed E-state index contributed by atoms with van der Waals surface area (Å²) in [6, 6.07) is 23.4. The molecule has 0 spiro atoms. The summed E-state index contributed by atoms with van der Waals surface area (Å²) in [7, 11) is 0. The average molecular weight is 373 g/mol. The van der Waals surface area contributed by atoms with Crippen LogP contribution in [0.4, 0.5) is 5.69 Å². The van der Waals surface area contributed by atoms with Crippen LogP contribution in [0.2, 0.25) is 0 Å². The number of anilines is 1. The molecular formula is C23H19NO4. The largest absolute Gasteiger partial charge is 0.492 e. The van der Waals surface area contributed by atoms with Crippen molar-refractivity contribution in [3.63, 3.8) is 0 Å². The van der Waals surface area contributed by atoms with E-state index < -0.39 is 0 Å². The third-order valence-electron chi connectivity index (χ3n) is 4.58. The molecule has 3 aromatic carbocycles. The highest BCUT2D eigenvalue weighted by Gasteiger charge is 2.27. The van der Waals surface area contributed by atoms with E-state index >= 15 is 0 Å². The van der Waals surface area contributed by atoms with Crippen LogP contribution in [0.25, 0.3) is 0 Å². The first-order valence-electron chi connectivity index (χ1n) is 9.08. The van der Waals surface area contributed by atoms with Crippen molar-refractivity contribution in [2.24, 2.45) is 5.92 Å². The van der Waals surface area contributed by atoms with Crippen molar-refractivity contribution in [3.8, 4) is 11.5 Å². The first kappa shape index (κ1) is 17.8. The molecule has 5 nitrogen and oxygen atoms in total. The predicted molar refractivity (Wildman–Crippen MR) is 106 cm³/mol. The molecule has 0 saturated carbocycles. The molecule has 140 valence electrons. The Morgan fingerprint density at radius 1 is 0.893 bits per heavy atom. The smallest absolute Gasteiger partial charge is 0.318 e. The Morgan fingerprint density at radius 3 is 2.39 bits per heavy atom. The van der Waals surface area contributed by atoms with Crippen molar-refractivity contribution >= 4 is 17.6 Å². The second-order valence-electron chi connectivity index (χ2n) is 6.59. The number of carbonyl (C=O) groups is 2. The van der Waals surface area contributed by atoms with Crippen LogP contribution in [0.15, 0.2) is 78.9 Å². The van der Waals surface area contributed by atoms with Gasteiger partial charge >= 0.3 is 5.97 Å². The van der Waals surface area contributed by atoms with Gasteiger partial charge < -0.3 is 14.8 Å². The molecule has 1 amide bonds. The Bertz CT molecular complexity index is 983. The third-order valence-corrected chi connectivity index (χ3v) is 4.58. The Labute approximate surface area is 162 Å². The van der Waals surface area contributed by atoms with Crippen LogP contribution >= 0.6 is 0 Å². The zero-order valence-corrected chi connectivity index (χ0v) is 15.1. The number of hydrogen-bond donors (Lipinski definition) is 1. The van der Waals surface area contributed by atoms with Gasteiger partial charge in [0.1, 0.15) is 18.1 Å². The first-order chi connectivity index (χ1) is 13.7. The fourth-order valence-electron chi connectivity index (χ4n) is 3.08. The molecule has 5 heteroatoms. The van der Waals surface area contributed by atoms with Crippen LogP contribution in [0.1, 0.15) is 15.9 Å². The zero-order valence-electron chi connectivity index (χ0n) is 15.1. The summed E-state index contributed by atoms with van der Waals surface area (Å²) < 4.78 is 11.1. The van der Waals surface area contributed by atoms with Crippen LogP contribution in [-0.2, 0) is 11.2 Å². The van der Waals surface area contributed by atoms with Gasteiger partial charge in [-0.1, -0.05) is 36.4 Å². The van der Waals surface area contributed by atoms with Crippen LogP contribution in [0, 0.1) is 5.92 Å². The maximum Gasteiger partial charge on any atom is 0.318 e. The van der Waals surface area contributed by atoms with Gasteiger partial charge in [0.2, 0.25) is 0 Å². The normalized spacial score (nSPS) is 15.1. The quantitative estimate of drug-likeness (QED) is 0.552. The summed E-state index contributed by atoms with van der Waals surface area (Å²) in [6.45, 7) is 0.307. The predicted octanol–water partition coefficient (Wildman–Crippen LogP) is 4.10. The third kappa shape index (κ3) is 4.04. The minimum Gasteiger partial charge on any atom is -0.492 e. The highest BCUT2D eigenvalue weighted by atomic mass is 16.5. The van der Waals surface area contributed by atoms with E-state index in [9.17, 15) is 9.59 Å². The lowest BCUT2D eigenvalue weighted by Gasteiger charge is -2.23. The van der Waals surface area contributed by atoms with Gasteiger partial charge in [-0.05, 0) is 54.4 Å². The topological polar surface area (TPSA) is 64.6 Å². The van der Waals surface area contributed by atoms with Gasteiger partial charge in [-0.25, -0.2) is 0 Å². The average Bonchev–Trinajstić information content (AvgIpc) is 2.75.